The largest absolute Gasteiger partial charge is 0.490 e. The third kappa shape index (κ3) is 5.37. The van der Waals surface area contributed by atoms with Gasteiger partial charge in [-0.3, -0.25) is 10.1 Å². The van der Waals surface area contributed by atoms with E-state index in [-0.39, 0.29) is 5.69 Å². The van der Waals surface area contributed by atoms with Crippen molar-refractivity contribution in [3.63, 3.8) is 0 Å². The van der Waals surface area contributed by atoms with Gasteiger partial charge in [0.15, 0.2) is 0 Å². The van der Waals surface area contributed by atoms with Crippen LogP contribution in [0.3, 0.4) is 0 Å². The lowest BCUT2D eigenvalue weighted by atomic mass is 10.2. The lowest BCUT2D eigenvalue weighted by Gasteiger charge is -2.14. The molecule has 0 aliphatic rings. The molecule has 0 bridgehead atoms. The van der Waals surface area contributed by atoms with Crippen LogP contribution in [0.15, 0.2) is 30.7 Å². The molecule has 2 aromatic rings. The lowest BCUT2D eigenvalue weighted by Crippen LogP contribution is -2.19. The third-order valence-corrected chi connectivity index (χ3v) is 2.94. The fraction of sp³-hybridized carbons (Fsp3) is 0.438. The van der Waals surface area contributed by atoms with Crippen molar-refractivity contribution in [2.75, 3.05) is 27.2 Å². The molecule has 0 aliphatic heterocycles. The topological polar surface area (TPSA) is 73.4 Å². The molecule has 126 valence electrons. The van der Waals surface area contributed by atoms with Crippen LogP contribution in [0.1, 0.15) is 19.5 Å². The highest BCUT2D eigenvalue weighted by atomic mass is 16.6. The molecule has 0 spiro atoms. The number of rotatable bonds is 6. The van der Waals surface area contributed by atoms with Crippen LogP contribution < -0.4 is 4.74 Å². The Labute approximate surface area is 136 Å². The van der Waals surface area contributed by atoms with Crippen molar-refractivity contribution in [2.24, 2.45) is 0 Å². The number of non-ortho nitro benzene ring substituents is 1. The molecule has 0 unspecified atom stereocenters. The molecule has 0 saturated carbocycles. The van der Waals surface area contributed by atoms with Crippen LogP contribution in [0.5, 0.6) is 5.75 Å². The molecular formula is C16H24N4O3. The normalized spacial score (nSPS) is 10.2. The Kier molecular flexibility index (Phi) is 7.21. The van der Waals surface area contributed by atoms with Gasteiger partial charge in [-0.1, -0.05) is 13.8 Å². The van der Waals surface area contributed by atoms with Crippen LogP contribution in [0.2, 0.25) is 0 Å². The predicted molar refractivity (Wildman–Crippen MR) is 90.4 cm³/mol. The predicted octanol–water partition coefficient (Wildman–Crippen LogP) is 3.06. The molecule has 7 nitrogen and oxygen atoms in total. The van der Waals surface area contributed by atoms with E-state index >= 15 is 0 Å². The molecule has 0 fully saturated rings. The number of hydrogen-bond acceptors (Lipinski definition) is 5. The van der Waals surface area contributed by atoms with Crippen LogP contribution in [-0.4, -0.2) is 46.6 Å². The van der Waals surface area contributed by atoms with Crippen LogP contribution in [0.4, 0.5) is 5.69 Å². The van der Waals surface area contributed by atoms with Crippen molar-refractivity contribution in [3.05, 3.63) is 46.5 Å². The Balaban J connectivity index is 0.00000127. The van der Waals surface area contributed by atoms with Crippen molar-refractivity contribution in [2.45, 2.75) is 20.8 Å². The molecule has 0 N–H and O–H groups in total. The first-order valence-electron chi connectivity index (χ1n) is 7.54. The Morgan fingerprint density at radius 1 is 1.35 bits per heavy atom. The molecule has 2 rings (SSSR count). The molecule has 1 heterocycles. The summed E-state index contributed by atoms with van der Waals surface area (Å²) in [7, 11) is 3.88. The Morgan fingerprint density at radius 3 is 2.57 bits per heavy atom. The molecule has 0 aliphatic carbocycles. The molecule has 23 heavy (non-hydrogen) atoms. The van der Waals surface area contributed by atoms with Gasteiger partial charge in [-0.25, -0.2) is 4.98 Å². The van der Waals surface area contributed by atoms with E-state index in [2.05, 4.69) is 4.98 Å². The SMILES string of the molecule is CC.Cc1cn(-c2ccc([N+](=O)[O-])cc2OCCN(C)C)cn1. The van der Waals surface area contributed by atoms with Gasteiger partial charge in [0.25, 0.3) is 5.69 Å². The molecule has 1 aromatic carbocycles. The third-order valence-electron chi connectivity index (χ3n) is 2.94. The first-order valence-corrected chi connectivity index (χ1v) is 7.54. The van der Waals surface area contributed by atoms with Crippen molar-refractivity contribution in [1.29, 1.82) is 0 Å². The number of aromatic nitrogens is 2. The molecular weight excluding hydrogens is 296 g/mol. The summed E-state index contributed by atoms with van der Waals surface area (Å²) < 4.78 is 7.50. The number of ether oxygens (including phenoxy) is 1. The minimum atomic E-state index is -0.429. The minimum Gasteiger partial charge on any atom is -0.490 e. The Bertz CT molecular complexity index is 638. The second kappa shape index (κ2) is 8.89. The highest BCUT2D eigenvalue weighted by molar-refractivity contribution is 5.53. The Hall–Kier alpha value is -2.41. The van der Waals surface area contributed by atoms with E-state index in [1.165, 1.54) is 12.1 Å². The average molecular weight is 320 g/mol. The van der Waals surface area contributed by atoms with Crippen LogP contribution in [0.25, 0.3) is 5.69 Å². The fourth-order valence-corrected chi connectivity index (χ4v) is 1.84. The fourth-order valence-electron chi connectivity index (χ4n) is 1.84. The standard InChI is InChI=1S/C14H18N4O3.C2H6/c1-11-9-17(10-15-11)13-5-4-12(18(19)20)8-14(13)21-7-6-16(2)3;1-2/h4-5,8-10H,6-7H2,1-3H3;1-2H3. The number of hydrogen-bond donors (Lipinski definition) is 0. The van der Waals surface area contributed by atoms with Gasteiger partial charge >= 0.3 is 0 Å². The summed E-state index contributed by atoms with van der Waals surface area (Å²) in [5.41, 5.74) is 1.61. The number of aryl methyl sites for hydroxylation is 1. The van der Waals surface area contributed by atoms with E-state index in [4.69, 9.17) is 4.74 Å². The number of likely N-dealkylation sites (N-methyl/N-ethyl adjacent to an activating group) is 1. The highest BCUT2D eigenvalue weighted by Crippen LogP contribution is 2.28. The maximum absolute atomic E-state index is 10.9. The zero-order chi connectivity index (χ0) is 17.4. The van der Waals surface area contributed by atoms with E-state index in [0.717, 1.165) is 17.9 Å². The van der Waals surface area contributed by atoms with Gasteiger partial charge in [0.05, 0.1) is 28.7 Å². The molecule has 1 aromatic heterocycles. The summed E-state index contributed by atoms with van der Waals surface area (Å²) in [6.07, 6.45) is 3.51. The number of benzene rings is 1. The average Bonchev–Trinajstić information content (AvgIpc) is 2.95. The number of imidazole rings is 1. The maximum Gasteiger partial charge on any atom is 0.273 e. The van der Waals surface area contributed by atoms with Crippen LogP contribution in [-0.2, 0) is 0 Å². The summed E-state index contributed by atoms with van der Waals surface area (Å²) in [4.78, 5) is 16.6. The second-order valence-corrected chi connectivity index (χ2v) is 4.98. The van der Waals surface area contributed by atoms with Crippen LogP contribution >= 0.6 is 0 Å². The quantitative estimate of drug-likeness (QED) is 0.604. The van der Waals surface area contributed by atoms with Crippen molar-refractivity contribution < 1.29 is 9.66 Å². The first-order chi connectivity index (χ1) is 11.0. The number of nitro groups is 1. The summed E-state index contributed by atoms with van der Waals surface area (Å²) >= 11 is 0. The number of nitro benzene ring substituents is 1. The lowest BCUT2D eigenvalue weighted by molar-refractivity contribution is -0.384. The van der Waals surface area contributed by atoms with Gasteiger partial charge in [0, 0.05) is 18.8 Å². The molecule has 0 atom stereocenters. The van der Waals surface area contributed by atoms with Gasteiger partial charge in [-0.2, -0.15) is 0 Å². The van der Waals surface area contributed by atoms with Crippen molar-refractivity contribution in [1.82, 2.24) is 14.5 Å². The maximum atomic E-state index is 10.9. The smallest absolute Gasteiger partial charge is 0.273 e. The molecule has 0 saturated heterocycles. The van der Waals surface area contributed by atoms with Gasteiger partial charge in [0.1, 0.15) is 12.4 Å². The van der Waals surface area contributed by atoms with E-state index < -0.39 is 4.92 Å². The van der Waals surface area contributed by atoms with Gasteiger partial charge in [0.2, 0.25) is 0 Å². The first kappa shape index (κ1) is 18.6. The summed E-state index contributed by atoms with van der Waals surface area (Å²) in [5.74, 6) is 0.475. The number of nitrogens with zero attached hydrogens (tertiary/aromatic N) is 4. The van der Waals surface area contributed by atoms with Gasteiger partial charge in [-0.05, 0) is 27.1 Å². The zero-order valence-corrected chi connectivity index (χ0v) is 14.3. The van der Waals surface area contributed by atoms with Gasteiger partial charge < -0.3 is 14.2 Å². The molecule has 7 heteroatoms. The van der Waals surface area contributed by atoms with E-state index in [9.17, 15) is 10.1 Å². The van der Waals surface area contributed by atoms with Crippen molar-refractivity contribution >= 4 is 5.69 Å². The Morgan fingerprint density at radius 2 is 2.04 bits per heavy atom. The monoisotopic (exact) mass is 320 g/mol. The zero-order valence-electron chi connectivity index (χ0n) is 14.3. The van der Waals surface area contributed by atoms with Crippen LogP contribution in [0, 0.1) is 17.0 Å². The summed E-state index contributed by atoms with van der Waals surface area (Å²) in [6, 6.07) is 4.58. The highest BCUT2D eigenvalue weighted by Gasteiger charge is 2.13. The minimum absolute atomic E-state index is 0.00967. The second-order valence-electron chi connectivity index (χ2n) is 4.98. The van der Waals surface area contributed by atoms with E-state index in [1.54, 1.807) is 17.0 Å². The van der Waals surface area contributed by atoms with E-state index in [1.807, 2.05) is 46.0 Å². The molecule has 0 amide bonds. The van der Waals surface area contributed by atoms with Crippen molar-refractivity contribution in [3.8, 4) is 11.4 Å². The molecule has 0 radical (unpaired) electrons. The summed E-state index contributed by atoms with van der Waals surface area (Å²) in [6.45, 7) is 7.06. The van der Waals surface area contributed by atoms with Gasteiger partial charge in [-0.15, -0.1) is 0 Å². The van der Waals surface area contributed by atoms with E-state index in [0.29, 0.717) is 12.4 Å². The summed E-state index contributed by atoms with van der Waals surface area (Å²) in [5, 5.41) is 10.9.